The summed E-state index contributed by atoms with van der Waals surface area (Å²) in [6.07, 6.45) is 12.0. The fraction of sp³-hybridized carbons (Fsp3) is 0.963. The van der Waals surface area contributed by atoms with Crippen LogP contribution >= 0.6 is 0 Å². The second kappa shape index (κ2) is 12.0. The lowest BCUT2D eigenvalue weighted by atomic mass is 9.50. The summed E-state index contributed by atoms with van der Waals surface area (Å²) in [7, 11) is 0. The van der Waals surface area contributed by atoms with Gasteiger partial charge in [-0.1, -0.05) is 19.8 Å². The molecule has 4 N–H and O–H groups in total. The monoisotopic (exact) mass is 480 g/mol. The van der Waals surface area contributed by atoms with Crippen molar-refractivity contribution in [2.24, 2.45) is 23.2 Å². The van der Waals surface area contributed by atoms with Crippen LogP contribution in [-0.2, 0) is 9.53 Å². The van der Waals surface area contributed by atoms with Gasteiger partial charge in [0.2, 0.25) is 5.91 Å². The van der Waals surface area contributed by atoms with Crippen molar-refractivity contribution in [3.8, 4) is 0 Å². The van der Waals surface area contributed by atoms with E-state index in [2.05, 4.69) is 12.2 Å². The van der Waals surface area contributed by atoms with E-state index in [4.69, 9.17) is 4.74 Å². The third-order valence-electron chi connectivity index (χ3n) is 9.16. The van der Waals surface area contributed by atoms with Crippen molar-refractivity contribution in [2.75, 3.05) is 32.9 Å². The van der Waals surface area contributed by atoms with E-state index >= 15 is 0 Å². The Balaban J connectivity index is 1.17. The van der Waals surface area contributed by atoms with Crippen molar-refractivity contribution >= 4 is 5.91 Å². The Morgan fingerprint density at radius 2 is 1.65 bits per heavy atom. The molecule has 0 spiro atoms. The van der Waals surface area contributed by atoms with Crippen LogP contribution in [0.2, 0.25) is 0 Å². The maximum atomic E-state index is 12.7. The molecule has 4 saturated carbocycles. The van der Waals surface area contributed by atoms with E-state index in [9.17, 15) is 20.1 Å². The van der Waals surface area contributed by atoms with Gasteiger partial charge in [0.05, 0.1) is 25.4 Å². The van der Waals surface area contributed by atoms with Gasteiger partial charge in [0.25, 0.3) is 0 Å². The van der Waals surface area contributed by atoms with Crippen molar-refractivity contribution in [3.63, 3.8) is 0 Å². The molecular weight excluding hydrogens is 432 g/mol. The third-order valence-corrected chi connectivity index (χ3v) is 9.16. The quantitative estimate of drug-likeness (QED) is 0.285. The molecule has 0 unspecified atom stereocenters. The zero-order valence-electron chi connectivity index (χ0n) is 21.2. The van der Waals surface area contributed by atoms with Gasteiger partial charge in [-0.25, -0.2) is 0 Å². The lowest BCUT2D eigenvalue weighted by Crippen LogP contribution is -2.50. The molecule has 7 nitrogen and oxygen atoms in total. The first kappa shape index (κ1) is 26.3. The number of rotatable bonds is 14. The highest BCUT2D eigenvalue weighted by molar-refractivity contribution is 5.83. The van der Waals surface area contributed by atoms with Crippen LogP contribution in [0.3, 0.4) is 0 Å². The lowest BCUT2D eigenvalue weighted by Gasteiger charge is -2.56. The van der Waals surface area contributed by atoms with E-state index in [-0.39, 0.29) is 12.5 Å². The van der Waals surface area contributed by atoms with Crippen molar-refractivity contribution in [1.29, 1.82) is 0 Å². The molecule has 4 aliphatic carbocycles. The van der Waals surface area contributed by atoms with Gasteiger partial charge in [0, 0.05) is 13.2 Å². The number of nitrogens with zero attached hydrogens (tertiary/aromatic N) is 1. The minimum Gasteiger partial charge on any atom is -0.395 e. The minimum atomic E-state index is -1.17. The predicted octanol–water partition coefficient (Wildman–Crippen LogP) is 2.46. The van der Waals surface area contributed by atoms with Crippen LogP contribution < -0.4 is 5.32 Å². The highest BCUT2D eigenvalue weighted by Gasteiger charge is 2.51. The maximum Gasteiger partial charge on any atom is 0.240 e. The third kappa shape index (κ3) is 5.97. The summed E-state index contributed by atoms with van der Waals surface area (Å²) in [5, 5.41) is 33.6. The number of hydrogen-bond donors (Lipinski definition) is 4. The predicted molar refractivity (Wildman–Crippen MR) is 131 cm³/mol. The molecule has 196 valence electrons. The van der Waals surface area contributed by atoms with E-state index in [1.165, 1.54) is 38.5 Å². The number of carbonyl (C=O) groups is 1. The number of carbonyl (C=O) groups excluding carboxylic acids is 1. The summed E-state index contributed by atoms with van der Waals surface area (Å²) in [5.41, 5.74) is 0.461. The molecule has 1 amide bonds. The SMILES string of the molecule is CCCCCNC(=O)[C@H]1[C@@H](O)[C@@H](O)[C@@H](CO)N1CCCCCOCC12CC3CC(CC(C3)C1)C2. The number of unbranched alkanes of at least 4 members (excludes halogenated alkanes) is 4. The molecule has 4 atom stereocenters. The molecule has 0 aromatic heterocycles. The number of aliphatic hydroxyl groups is 3. The Bertz CT molecular complexity index is 624. The van der Waals surface area contributed by atoms with Crippen LogP contribution in [0.1, 0.15) is 84.0 Å². The summed E-state index contributed by atoms with van der Waals surface area (Å²) < 4.78 is 6.19. The topological polar surface area (TPSA) is 102 Å². The van der Waals surface area contributed by atoms with E-state index < -0.39 is 24.3 Å². The molecule has 5 aliphatic rings. The van der Waals surface area contributed by atoms with Gasteiger partial charge in [0.1, 0.15) is 12.1 Å². The molecule has 1 heterocycles. The van der Waals surface area contributed by atoms with E-state index in [1.54, 1.807) is 4.90 Å². The van der Waals surface area contributed by atoms with Gasteiger partial charge in [-0.15, -0.1) is 0 Å². The lowest BCUT2D eigenvalue weighted by molar-refractivity contribution is -0.129. The number of aliphatic hydroxyl groups excluding tert-OH is 3. The van der Waals surface area contributed by atoms with Crippen LogP contribution in [-0.4, -0.2) is 83.3 Å². The maximum absolute atomic E-state index is 12.7. The summed E-state index contributed by atoms with van der Waals surface area (Å²) >= 11 is 0. The molecule has 0 aromatic carbocycles. The minimum absolute atomic E-state index is 0.252. The first-order valence-electron chi connectivity index (χ1n) is 14.0. The number of amides is 1. The van der Waals surface area contributed by atoms with Crippen LogP contribution in [0.5, 0.6) is 0 Å². The molecule has 0 aromatic rings. The van der Waals surface area contributed by atoms with Crippen LogP contribution in [0.25, 0.3) is 0 Å². The summed E-state index contributed by atoms with van der Waals surface area (Å²) in [6.45, 7) is 4.68. The van der Waals surface area contributed by atoms with E-state index in [0.717, 1.165) is 69.5 Å². The molecule has 7 heteroatoms. The summed E-state index contributed by atoms with van der Waals surface area (Å²) in [4.78, 5) is 14.6. The molecule has 5 fully saturated rings. The Morgan fingerprint density at radius 1 is 0.971 bits per heavy atom. The number of likely N-dealkylation sites (tertiary alicyclic amines) is 1. The van der Waals surface area contributed by atoms with Gasteiger partial charge in [0.15, 0.2) is 0 Å². The van der Waals surface area contributed by atoms with Crippen molar-refractivity contribution in [2.45, 2.75) is 108 Å². The average Bonchev–Trinajstić information content (AvgIpc) is 3.04. The van der Waals surface area contributed by atoms with Gasteiger partial charge in [-0.05, 0) is 93.9 Å². The zero-order chi connectivity index (χ0) is 24.1. The Labute approximate surface area is 205 Å². The Hall–Kier alpha value is -0.730. The van der Waals surface area contributed by atoms with Gasteiger partial charge >= 0.3 is 0 Å². The Kier molecular flexibility index (Phi) is 9.30. The number of hydrogen-bond acceptors (Lipinski definition) is 6. The summed E-state index contributed by atoms with van der Waals surface area (Å²) in [5.74, 6) is 2.62. The molecular formula is C27H48N2O5. The van der Waals surface area contributed by atoms with E-state index in [1.807, 2.05) is 0 Å². The first-order chi connectivity index (χ1) is 16.5. The van der Waals surface area contributed by atoms with E-state index in [0.29, 0.717) is 18.5 Å². The van der Waals surface area contributed by atoms with Crippen LogP contribution in [0.4, 0.5) is 0 Å². The standard InChI is InChI=1S/C27H48N2O5/c1-2-3-5-8-28-26(33)23-25(32)24(31)22(17-30)29(23)9-6-4-7-10-34-18-27-14-19-11-20(15-27)13-21(12-19)16-27/h19-25,30-32H,2-18H2,1H3,(H,28,33)/t19?,20?,21?,22-,23-,24+,25-,27?/m1/s1. The number of ether oxygens (including phenoxy) is 1. The van der Waals surface area contributed by atoms with Gasteiger partial charge < -0.3 is 25.4 Å². The largest absolute Gasteiger partial charge is 0.395 e. The Morgan fingerprint density at radius 3 is 2.26 bits per heavy atom. The molecule has 5 rings (SSSR count). The van der Waals surface area contributed by atoms with Crippen LogP contribution in [0.15, 0.2) is 0 Å². The van der Waals surface area contributed by atoms with Gasteiger partial charge in [-0.3, -0.25) is 9.69 Å². The molecule has 1 saturated heterocycles. The molecule has 0 radical (unpaired) electrons. The van der Waals surface area contributed by atoms with Gasteiger partial charge in [-0.2, -0.15) is 0 Å². The second-order valence-corrected chi connectivity index (χ2v) is 11.9. The smallest absolute Gasteiger partial charge is 0.240 e. The molecule has 4 bridgehead atoms. The summed E-state index contributed by atoms with van der Waals surface area (Å²) in [6, 6.07) is -1.41. The van der Waals surface area contributed by atoms with Crippen molar-refractivity contribution in [3.05, 3.63) is 0 Å². The first-order valence-corrected chi connectivity index (χ1v) is 14.0. The molecule has 34 heavy (non-hydrogen) atoms. The molecule has 1 aliphatic heterocycles. The highest BCUT2D eigenvalue weighted by atomic mass is 16.5. The fourth-order valence-electron chi connectivity index (χ4n) is 7.96. The average molecular weight is 481 g/mol. The van der Waals surface area contributed by atoms with Crippen molar-refractivity contribution < 1.29 is 24.9 Å². The highest BCUT2D eigenvalue weighted by Crippen LogP contribution is 2.60. The normalized spacial score (nSPS) is 39.1. The van der Waals surface area contributed by atoms with Crippen LogP contribution in [0, 0.1) is 23.2 Å². The number of nitrogens with one attached hydrogen (secondary N) is 1. The van der Waals surface area contributed by atoms with Crippen molar-refractivity contribution in [1.82, 2.24) is 10.2 Å². The second-order valence-electron chi connectivity index (χ2n) is 11.9. The fourth-order valence-corrected chi connectivity index (χ4v) is 7.96. The zero-order valence-corrected chi connectivity index (χ0v) is 21.2.